The summed E-state index contributed by atoms with van der Waals surface area (Å²) in [5.74, 6) is -0.177. The molecule has 0 spiro atoms. The van der Waals surface area contributed by atoms with E-state index < -0.39 is 0 Å². The number of piperidine rings is 1. The molecule has 1 aliphatic carbocycles. The predicted molar refractivity (Wildman–Crippen MR) is 83.1 cm³/mol. The molecule has 1 saturated carbocycles. The van der Waals surface area contributed by atoms with Crippen molar-refractivity contribution in [3.63, 3.8) is 0 Å². The zero-order valence-electron chi connectivity index (χ0n) is 13.2. The maximum Gasteiger partial charge on any atom is 0.321 e. The van der Waals surface area contributed by atoms with Crippen molar-refractivity contribution in [1.82, 2.24) is 15.5 Å². The minimum absolute atomic E-state index is 0.177. The van der Waals surface area contributed by atoms with Gasteiger partial charge in [0.05, 0.1) is 6.54 Å². The van der Waals surface area contributed by atoms with Crippen molar-refractivity contribution in [2.24, 2.45) is 0 Å². The number of nitrogens with one attached hydrogen (secondary N) is 2. The average Bonchev–Trinajstić information content (AvgIpc) is 2.48. The average molecular weight is 295 g/mol. The van der Waals surface area contributed by atoms with Gasteiger partial charge in [0, 0.05) is 12.1 Å². The lowest BCUT2D eigenvalue weighted by Crippen LogP contribution is -2.50. The van der Waals surface area contributed by atoms with E-state index in [1.165, 1.54) is 25.7 Å². The van der Waals surface area contributed by atoms with Gasteiger partial charge in [-0.25, -0.2) is 4.79 Å². The molecule has 1 atom stereocenters. The molecule has 5 nitrogen and oxygen atoms in total. The van der Waals surface area contributed by atoms with E-state index in [1.807, 2.05) is 0 Å². The van der Waals surface area contributed by atoms with Crippen LogP contribution in [0.1, 0.15) is 64.7 Å². The lowest BCUT2D eigenvalue weighted by atomic mass is 9.96. The van der Waals surface area contributed by atoms with Gasteiger partial charge in [0.15, 0.2) is 0 Å². The van der Waals surface area contributed by atoms with E-state index in [1.54, 1.807) is 0 Å². The van der Waals surface area contributed by atoms with E-state index in [2.05, 4.69) is 22.5 Å². The maximum atomic E-state index is 12.0. The Morgan fingerprint density at radius 3 is 2.48 bits per heavy atom. The Hall–Kier alpha value is -1.10. The molecule has 1 unspecified atom stereocenters. The van der Waals surface area contributed by atoms with Crippen LogP contribution in [0.4, 0.5) is 4.79 Å². The third-order valence-electron chi connectivity index (χ3n) is 4.76. The summed E-state index contributed by atoms with van der Waals surface area (Å²) in [6.07, 6.45) is 10.3. The highest BCUT2D eigenvalue weighted by atomic mass is 16.2. The molecule has 0 bridgehead atoms. The number of carbonyl (C=O) groups is 2. The first-order valence-corrected chi connectivity index (χ1v) is 8.53. The SMILES string of the molecule is CCC1CCCCN1CC(=O)NC(=O)NC1CCCCC1. The number of amides is 3. The first-order valence-electron chi connectivity index (χ1n) is 8.53. The summed E-state index contributed by atoms with van der Waals surface area (Å²) in [4.78, 5) is 26.1. The van der Waals surface area contributed by atoms with Gasteiger partial charge in [-0.2, -0.15) is 0 Å². The second-order valence-electron chi connectivity index (χ2n) is 6.38. The number of likely N-dealkylation sites (tertiary alicyclic amines) is 1. The van der Waals surface area contributed by atoms with Crippen molar-refractivity contribution in [2.45, 2.75) is 76.8 Å². The van der Waals surface area contributed by atoms with Gasteiger partial charge in [-0.3, -0.25) is 15.0 Å². The van der Waals surface area contributed by atoms with E-state index in [-0.39, 0.29) is 18.0 Å². The Labute approximate surface area is 127 Å². The topological polar surface area (TPSA) is 61.4 Å². The van der Waals surface area contributed by atoms with Crippen LogP contribution in [0, 0.1) is 0 Å². The Balaban J connectivity index is 1.71. The molecule has 0 aromatic rings. The molecule has 2 fully saturated rings. The number of carbonyl (C=O) groups excluding carboxylic acids is 2. The van der Waals surface area contributed by atoms with E-state index in [0.29, 0.717) is 12.6 Å². The summed E-state index contributed by atoms with van der Waals surface area (Å²) in [6, 6.07) is 0.410. The minimum atomic E-state index is -0.322. The van der Waals surface area contributed by atoms with Crippen LogP contribution in [-0.4, -0.2) is 42.0 Å². The van der Waals surface area contributed by atoms with E-state index >= 15 is 0 Å². The van der Waals surface area contributed by atoms with Crippen LogP contribution in [0.15, 0.2) is 0 Å². The molecule has 21 heavy (non-hydrogen) atoms. The normalized spacial score (nSPS) is 24.5. The summed E-state index contributed by atoms with van der Waals surface area (Å²) < 4.78 is 0. The summed E-state index contributed by atoms with van der Waals surface area (Å²) in [7, 11) is 0. The van der Waals surface area contributed by atoms with Gasteiger partial charge in [-0.05, 0) is 38.6 Å². The minimum Gasteiger partial charge on any atom is -0.335 e. The van der Waals surface area contributed by atoms with E-state index in [9.17, 15) is 9.59 Å². The van der Waals surface area contributed by atoms with Gasteiger partial charge in [0.25, 0.3) is 0 Å². The fraction of sp³-hybridized carbons (Fsp3) is 0.875. The Kier molecular flexibility index (Phi) is 6.49. The molecule has 1 saturated heterocycles. The second kappa shape index (κ2) is 8.37. The van der Waals surface area contributed by atoms with Crippen LogP contribution in [-0.2, 0) is 4.79 Å². The third-order valence-corrected chi connectivity index (χ3v) is 4.76. The van der Waals surface area contributed by atoms with Gasteiger partial charge in [0.2, 0.25) is 5.91 Å². The molecule has 2 aliphatic rings. The smallest absolute Gasteiger partial charge is 0.321 e. The summed E-state index contributed by atoms with van der Waals surface area (Å²) in [6.45, 7) is 3.48. The highest BCUT2D eigenvalue weighted by Crippen LogP contribution is 2.19. The Bertz CT molecular complexity index is 353. The number of nitrogens with zero attached hydrogens (tertiary/aromatic N) is 1. The summed E-state index contributed by atoms with van der Waals surface area (Å²) in [5.41, 5.74) is 0. The molecule has 1 aliphatic heterocycles. The highest BCUT2D eigenvalue weighted by Gasteiger charge is 2.24. The monoisotopic (exact) mass is 295 g/mol. The van der Waals surface area contributed by atoms with Crippen molar-refractivity contribution in [3.8, 4) is 0 Å². The van der Waals surface area contributed by atoms with Crippen LogP contribution in [0.3, 0.4) is 0 Å². The largest absolute Gasteiger partial charge is 0.335 e. The first-order chi connectivity index (χ1) is 10.2. The summed E-state index contributed by atoms with van der Waals surface area (Å²) in [5, 5.41) is 5.41. The lowest BCUT2D eigenvalue weighted by Gasteiger charge is -2.34. The van der Waals surface area contributed by atoms with Gasteiger partial charge >= 0.3 is 6.03 Å². The number of urea groups is 1. The van der Waals surface area contributed by atoms with Crippen molar-refractivity contribution >= 4 is 11.9 Å². The maximum absolute atomic E-state index is 12.0. The van der Waals surface area contributed by atoms with Crippen LogP contribution in [0.5, 0.6) is 0 Å². The van der Waals surface area contributed by atoms with Crippen LogP contribution >= 0.6 is 0 Å². The molecular weight excluding hydrogens is 266 g/mol. The third kappa shape index (κ3) is 5.30. The summed E-state index contributed by atoms with van der Waals surface area (Å²) >= 11 is 0. The molecule has 120 valence electrons. The quantitative estimate of drug-likeness (QED) is 0.837. The van der Waals surface area contributed by atoms with Crippen molar-refractivity contribution < 1.29 is 9.59 Å². The molecule has 3 amide bonds. The number of imide groups is 1. The fourth-order valence-corrected chi connectivity index (χ4v) is 3.55. The standard InChI is InChI=1S/C16H29N3O2/c1-2-14-10-6-7-11-19(14)12-15(20)18-16(21)17-13-8-4-3-5-9-13/h13-14H,2-12H2,1H3,(H2,17,18,20,21). The number of rotatable bonds is 4. The Morgan fingerprint density at radius 2 is 1.76 bits per heavy atom. The van der Waals surface area contributed by atoms with Gasteiger partial charge in [-0.1, -0.05) is 32.6 Å². The van der Waals surface area contributed by atoms with Gasteiger partial charge in [-0.15, -0.1) is 0 Å². The van der Waals surface area contributed by atoms with E-state index in [0.717, 1.165) is 38.6 Å². The molecular formula is C16H29N3O2. The number of hydrogen-bond donors (Lipinski definition) is 2. The molecule has 2 N–H and O–H groups in total. The highest BCUT2D eigenvalue weighted by molar-refractivity contribution is 5.95. The van der Waals surface area contributed by atoms with Crippen molar-refractivity contribution in [1.29, 1.82) is 0 Å². The molecule has 0 aromatic heterocycles. The van der Waals surface area contributed by atoms with Gasteiger partial charge in [0.1, 0.15) is 0 Å². The molecule has 5 heteroatoms. The van der Waals surface area contributed by atoms with Crippen LogP contribution in [0.2, 0.25) is 0 Å². The van der Waals surface area contributed by atoms with Crippen molar-refractivity contribution in [2.75, 3.05) is 13.1 Å². The zero-order chi connectivity index (χ0) is 15.1. The molecule has 0 aromatic carbocycles. The first kappa shape index (κ1) is 16.3. The zero-order valence-corrected chi connectivity index (χ0v) is 13.2. The molecule has 0 radical (unpaired) electrons. The van der Waals surface area contributed by atoms with E-state index in [4.69, 9.17) is 0 Å². The van der Waals surface area contributed by atoms with Crippen LogP contribution in [0.25, 0.3) is 0 Å². The van der Waals surface area contributed by atoms with Crippen molar-refractivity contribution in [3.05, 3.63) is 0 Å². The fourth-order valence-electron chi connectivity index (χ4n) is 3.55. The van der Waals surface area contributed by atoms with Crippen LogP contribution < -0.4 is 10.6 Å². The molecule has 1 heterocycles. The second-order valence-corrected chi connectivity index (χ2v) is 6.38. The molecule has 2 rings (SSSR count). The lowest BCUT2D eigenvalue weighted by molar-refractivity contribution is -0.122. The number of hydrogen-bond acceptors (Lipinski definition) is 3. The predicted octanol–water partition coefficient (Wildman–Crippen LogP) is 2.41. The van der Waals surface area contributed by atoms with Gasteiger partial charge < -0.3 is 5.32 Å². The Morgan fingerprint density at radius 1 is 1.05 bits per heavy atom.